The van der Waals surface area contributed by atoms with Crippen molar-refractivity contribution in [1.82, 2.24) is 5.32 Å². The molecule has 4 heteroatoms. The Balaban J connectivity index is 1.84. The summed E-state index contributed by atoms with van der Waals surface area (Å²) in [5.41, 5.74) is 0.961. The average molecular weight is 264 g/mol. The molecule has 1 aliphatic rings. The van der Waals surface area contributed by atoms with Crippen molar-refractivity contribution in [2.24, 2.45) is 5.41 Å². The summed E-state index contributed by atoms with van der Waals surface area (Å²) in [6, 6.07) is 4.63. The number of rotatable bonds is 5. The molecule has 3 nitrogen and oxygen atoms in total. The van der Waals surface area contributed by atoms with Gasteiger partial charge in [0.25, 0.3) is 0 Å². The van der Waals surface area contributed by atoms with Crippen molar-refractivity contribution in [2.75, 3.05) is 6.61 Å². The maximum atomic E-state index is 8.78. The van der Waals surface area contributed by atoms with Crippen LogP contribution >= 0.6 is 11.3 Å². The summed E-state index contributed by atoms with van der Waals surface area (Å²) in [5.74, 6) is 0. The highest BCUT2D eigenvalue weighted by atomic mass is 32.1. The minimum atomic E-state index is 0.200. The maximum Gasteiger partial charge on any atom is 0.100 e. The topological polar surface area (TPSA) is 45.0 Å². The number of nitriles is 1. The van der Waals surface area contributed by atoms with Crippen LogP contribution in [0.4, 0.5) is 0 Å². The lowest BCUT2D eigenvalue weighted by molar-refractivity contribution is -0.114. The molecule has 1 saturated carbocycles. The summed E-state index contributed by atoms with van der Waals surface area (Å²) < 4.78 is 5.72. The highest BCUT2D eigenvalue weighted by Crippen LogP contribution is 2.42. The predicted molar refractivity (Wildman–Crippen MR) is 73.5 cm³/mol. The van der Waals surface area contributed by atoms with Gasteiger partial charge in [-0.25, -0.2) is 0 Å². The van der Waals surface area contributed by atoms with E-state index in [0.29, 0.717) is 12.1 Å². The molecule has 0 amide bonds. The Bertz CT molecular complexity index is 447. The van der Waals surface area contributed by atoms with E-state index in [1.165, 1.54) is 4.88 Å². The van der Waals surface area contributed by atoms with E-state index < -0.39 is 0 Å². The summed E-state index contributed by atoms with van der Waals surface area (Å²) in [7, 11) is 0. The molecular formula is C14H20N2OS. The first-order valence-electron chi connectivity index (χ1n) is 6.40. The maximum absolute atomic E-state index is 8.78. The molecule has 1 aromatic heterocycles. The zero-order valence-electron chi connectivity index (χ0n) is 11.2. The number of nitrogens with zero attached hydrogens (tertiary/aromatic N) is 1. The molecule has 18 heavy (non-hydrogen) atoms. The normalized spacial score (nSPS) is 25.4. The number of thiophene rings is 1. The monoisotopic (exact) mass is 264 g/mol. The molecule has 0 bridgehead atoms. The second-order valence-electron chi connectivity index (χ2n) is 5.35. The summed E-state index contributed by atoms with van der Waals surface area (Å²) in [4.78, 5) is 1.22. The van der Waals surface area contributed by atoms with Crippen LogP contribution in [0.3, 0.4) is 0 Å². The van der Waals surface area contributed by atoms with Gasteiger partial charge >= 0.3 is 0 Å². The number of nitrogens with one attached hydrogen (secondary N) is 1. The Morgan fingerprint density at radius 3 is 2.94 bits per heavy atom. The van der Waals surface area contributed by atoms with Crippen LogP contribution in [0.15, 0.2) is 11.4 Å². The summed E-state index contributed by atoms with van der Waals surface area (Å²) in [6.07, 6.45) is 1.45. The van der Waals surface area contributed by atoms with Gasteiger partial charge in [0.15, 0.2) is 0 Å². The van der Waals surface area contributed by atoms with Crippen molar-refractivity contribution in [1.29, 1.82) is 5.26 Å². The van der Waals surface area contributed by atoms with E-state index >= 15 is 0 Å². The Morgan fingerprint density at radius 1 is 1.61 bits per heavy atom. The van der Waals surface area contributed by atoms with E-state index in [1.807, 2.05) is 18.4 Å². The molecule has 2 unspecified atom stereocenters. The quantitative estimate of drug-likeness (QED) is 0.889. The van der Waals surface area contributed by atoms with Crippen LogP contribution in [-0.2, 0) is 11.3 Å². The number of hydrogen-bond acceptors (Lipinski definition) is 4. The lowest BCUT2D eigenvalue weighted by atomic mass is 9.64. The van der Waals surface area contributed by atoms with E-state index in [-0.39, 0.29) is 5.41 Å². The first-order valence-corrected chi connectivity index (χ1v) is 7.28. The third-order valence-electron chi connectivity index (χ3n) is 3.85. The lowest BCUT2D eigenvalue weighted by Gasteiger charge is -2.51. The van der Waals surface area contributed by atoms with Crippen molar-refractivity contribution in [3.8, 4) is 6.07 Å². The number of hydrogen-bond donors (Lipinski definition) is 1. The molecule has 1 N–H and O–H groups in total. The highest BCUT2D eigenvalue weighted by Gasteiger charge is 2.48. The van der Waals surface area contributed by atoms with Gasteiger partial charge in [-0.3, -0.25) is 0 Å². The van der Waals surface area contributed by atoms with Crippen molar-refractivity contribution in [3.63, 3.8) is 0 Å². The van der Waals surface area contributed by atoms with Gasteiger partial charge in [-0.05, 0) is 19.4 Å². The first kappa shape index (κ1) is 13.5. The third-order valence-corrected chi connectivity index (χ3v) is 4.79. The lowest BCUT2D eigenvalue weighted by Crippen LogP contribution is -2.60. The SMILES string of the molecule is CCOC1CC(NCc2cc(C#N)cs2)C1(C)C. The van der Waals surface area contributed by atoms with Crippen LogP contribution < -0.4 is 5.32 Å². The van der Waals surface area contributed by atoms with Crippen LogP contribution in [0, 0.1) is 16.7 Å². The largest absolute Gasteiger partial charge is 0.378 e. The molecule has 1 aromatic rings. The van der Waals surface area contributed by atoms with E-state index in [0.717, 1.165) is 25.1 Å². The molecule has 1 heterocycles. The van der Waals surface area contributed by atoms with Crippen molar-refractivity contribution in [2.45, 2.75) is 45.9 Å². The van der Waals surface area contributed by atoms with Crippen molar-refractivity contribution in [3.05, 3.63) is 21.9 Å². The fourth-order valence-electron chi connectivity index (χ4n) is 2.47. The summed E-state index contributed by atoms with van der Waals surface area (Å²) in [5, 5.41) is 14.3. The van der Waals surface area contributed by atoms with Crippen molar-refractivity contribution >= 4 is 11.3 Å². The van der Waals surface area contributed by atoms with E-state index in [4.69, 9.17) is 10.00 Å². The van der Waals surface area contributed by atoms with Gasteiger partial charge in [-0.15, -0.1) is 11.3 Å². The molecular weight excluding hydrogens is 244 g/mol. The smallest absolute Gasteiger partial charge is 0.100 e. The Labute approximate surface area is 113 Å². The van der Waals surface area contributed by atoms with E-state index in [2.05, 4.69) is 25.2 Å². The van der Waals surface area contributed by atoms with Gasteiger partial charge in [-0.2, -0.15) is 5.26 Å². The summed E-state index contributed by atoms with van der Waals surface area (Å²) >= 11 is 1.65. The standard InChI is InChI=1S/C14H20N2OS/c1-4-17-13-6-12(14(13,2)3)16-8-11-5-10(7-15)9-18-11/h5,9,12-13,16H,4,6,8H2,1-3H3. The molecule has 2 atom stereocenters. The Hall–Kier alpha value is -0.890. The fourth-order valence-corrected chi connectivity index (χ4v) is 3.23. The van der Waals surface area contributed by atoms with E-state index in [9.17, 15) is 0 Å². The predicted octanol–water partition coefficient (Wildman–Crippen LogP) is 2.91. The average Bonchev–Trinajstić information content (AvgIpc) is 2.80. The van der Waals surface area contributed by atoms with Crippen LogP contribution in [0.25, 0.3) is 0 Å². The third kappa shape index (κ3) is 2.59. The molecule has 2 rings (SSSR count). The minimum absolute atomic E-state index is 0.200. The van der Waals surface area contributed by atoms with Crippen LogP contribution in [0.1, 0.15) is 37.6 Å². The van der Waals surface area contributed by atoms with Gasteiger partial charge in [0.1, 0.15) is 6.07 Å². The molecule has 98 valence electrons. The van der Waals surface area contributed by atoms with Crippen LogP contribution in [0.5, 0.6) is 0 Å². The van der Waals surface area contributed by atoms with Gasteiger partial charge in [0.05, 0.1) is 11.7 Å². The van der Waals surface area contributed by atoms with Gasteiger partial charge in [0, 0.05) is 34.9 Å². The van der Waals surface area contributed by atoms with Gasteiger partial charge in [-0.1, -0.05) is 13.8 Å². The summed E-state index contributed by atoms with van der Waals surface area (Å²) in [6.45, 7) is 8.19. The first-order chi connectivity index (χ1) is 8.57. The molecule has 0 aromatic carbocycles. The highest BCUT2D eigenvalue weighted by molar-refractivity contribution is 7.10. The van der Waals surface area contributed by atoms with Gasteiger partial charge in [0.2, 0.25) is 0 Å². The molecule has 0 spiro atoms. The molecule has 0 saturated heterocycles. The van der Waals surface area contributed by atoms with Crippen LogP contribution in [-0.4, -0.2) is 18.8 Å². The van der Waals surface area contributed by atoms with Crippen LogP contribution in [0.2, 0.25) is 0 Å². The minimum Gasteiger partial charge on any atom is -0.378 e. The molecule has 0 aliphatic heterocycles. The van der Waals surface area contributed by atoms with Crippen molar-refractivity contribution < 1.29 is 4.74 Å². The number of ether oxygens (including phenoxy) is 1. The molecule has 1 fully saturated rings. The van der Waals surface area contributed by atoms with Gasteiger partial charge < -0.3 is 10.1 Å². The molecule has 0 radical (unpaired) electrons. The molecule has 1 aliphatic carbocycles. The second kappa shape index (κ2) is 5.40. The Kier molecular flexibility index (Phi) is 4.06. The second-order valence-corrected chi connectivity index (χ2v) is 6.34. The zero-order chi connectivity index (χ0) is 13.2. The Morgan fingerprint density at radius 2 is 2.39 bits per heavy atom. The van der Waals surface area contributed by atoms with E-state index in [1.54, 1.807) is 11.3 Å². The fraction of sp³-hybridized carbons (Fsp3) is 0.643. The zero-order valence-corrected chi connectivity index (χ0v) is 12.0.